The predicted molar refractivity (Wildman–Crippen MR) is 122 cm³/mol. The number of benzene rings is 1. The summed E-state index contributed by atoms with van der Waals surface area (Å²) in [6.07, 6.45) is 0. The molecule has 0 amide bonds. The van der Waals surface area contributed by atoms with E-state index in [1.807, 2.05) is 43.3 Å². The molecule has 0 atom stereocenters. The zero-order chi connectivity index (χ0) is 18.3. The highest BCUT2D eigenvalue weighted by molar-refractivity contribution is 14.0. The molecule has 1 aromatic carbocycles. The van der Waals surface area contributed by atoms with Crippen molar-refractivity contribution in [1.82, 2.24) is 15.6 Å². The van der Waals surface area contributed by atoms with Crippen LogP contribution < -0.4 is 15.5 Å². The van der Waals surface area contributed by atoms with E-state index in [1.54, 1.807) is 7.05 Å². The van der Waals surface area contributed by atoms with Gasteiger partial charge in [-0.2, -0.15) is 0 Å². The summed E-state index contributed by atoms with van der Waals surface area (Å²) in [5.41, 5.74) is 2.30. The van der Waals surface area contributed by atoms with Crippen LogP contribution in [0, 0.1) is 0 Å². The summed E-state index contributed by atoms with van der Waals surface area (Å²) in [6, 6.07) is 16.6. The summed E-state index contributed by atoms with van der Waals surface area (Å²) in [5.74, 6) is 1.73. The smallest absolute Gasteiger partial charge is 0.191 e. The van der Waals surface area contributed by atoms with Crippen LogP contribution in [0.4, 0.5) is 5.82 Å². The summed E-state index contributed by atoms with van der Waals surface area (Å²) in [5, 5.41) is 6.75. The Bertz CT molecular complexity index is 698. The van der Waals surface area contributed by atoms with E-state index in [1.165, 1.54) is 5.56 Å². The number of anilines is 1. The third-order valence-electron chi connectivity index (χ3n) is 4.16. The standard InChI is InChI=1S/C20H29N5.HI/c1-20(2,16-10-7-6-8-11-16)15-23-19(21-3)22-14-17-12-9-13-18(24-17)25(4)5;/h6-13H,14-15H2,1-5H3,(H2,21,22,23);1H. The van der Waals surface area contributed by atoms with Crippen LogP contribution in [-0.4, -0.2) is 38.6 Å². The number of nitrogens with zero attached hydrogens (tertiary/aromatic N) is 3. The molecule has 0 bridgehead atoms. The van der Waals surface area contributed by atoms with Gasteiger partial charge in [0.15, 0.2) is 5.96 Å². The van der Waals surface area contributed by atoms with E-state index in [4.69, 9.17) is 0 Å². The molecular formula is C20H30IN5. The Labute approximate surface area is 174 Å². The quantitative estimate of drug-likeness (QED) is 0.389. The highest BCUT2D eigenvalue weighted by Crippen LogP contribution is 2.21. The Morgan fingerprint density at radius 3 is 2.35 bits per heavy atom. The topological polar surface area (TPSA) is 52.6 Å². The average Bonchev–Trinajstić information content (AvgIpc) is 2.63. The lowest BCUT2D eigenvalue weighted by Crippen LogP contribution is -2.43. The van der Waals surface area contributed by atoms with Crippen LogP contribution in [0.15, 0.2) is 53.5 Å². The lowest BCUT2D eigenvalue weighted by atomic mass is 9.85. The minimum atomic E-state index is 0. The second-order valence-electron chi connectivity index (χ2n) is 6.91. The first kappa shape index (κ1) is 22.2. The van der Waals surface area contributed by atoms with E-state index in [0.29, 0.717) is 6.54 Å². The van der Waals surface area contributed by atoms with Crippen LogP contribution in [0.3, 0.4) is 0 Å². The molecule has 5 nitrogen and oxygen atoms in total. The van der Waals surface area contributed by atoms with Gasteiger partial charge in [-0.25, -0.2) is 4.98 Å². The van der Waals surface area contributed by atoms with Crippen molar-refractivity contribution >= 4 is 35.8 Å². The molecule has 0 spiro atoms. The molecule has 142 valence electrons. The van der Waals surface area contributed by atoms with Gasteiger partial charge in [0.25, 0.3) is 0 Å². The number of aliphatic imine (C=N–C) groups is 1. The third-order valence-corrected chi connectivity index (χ3v) is 4.16. The van der Waals surface area contributed by atoms with Gasteiger partial charge in [0.05, 0.1) is 12.2 Å². The fourth-order valence-electron chi connectivity index (χ4n) is 2.51. The summed E-state index contributed by atoms with van der Waals surface area (Å²) in [7, 11) is 5.77. The molecular weight excluding hydrogens is 437 g/mol. The van der Waals surface area contributed by atoms with Gasteiger partial charge < -0.3 is 15.5 Å². The minimum absolute atomic E-state index is 0. The van der Waals surface area contributed by atoms with Crippen molar-refractivity contribution in [3.05, 3.63) is 59.8 Å². The normalized spacial score (nSPS) is 11.5. The predicted octanol–water partition coefficient (Wildman–Crippen LogP) is 3.41. The van der Waals surface area contributed by atoms with Crippen molar-refractivity contribution in [2.45, 2.75) is 25.8 Å². The van der Waals surface area contributed by atoms with E-state index in [2.05, 4.69) is 58.7 Å². The van der Waals surface area contributed by atoms with Crippen LogP contribution >= 0.6 is 24.0 Å². The molecule has 0 aliphatic carbocycles. The second kappa shape index (κ2) is 10.4. The van der Waals surface area contributed by atoms with Gasteiger partial charge in [-0.05, 0) is 17.7 Å². The number of rotatable bonds is 6. The Balaban J connectivity index is 0.00000338. The highest BCUT2D eigenvalue weighted by Gasteiger charge is 2.20. The molecule has 0 aliphatic rings. The molecule has 1 aromatic heterocycles. The van der Waals surface area contributed by atoms with Gasteiger partial charge in [-0.15, -0.1) is 24.0 Å². The van der Waals surface area contributed by atoms with Crippen molar-refractivity contribution in [2.24, 2.45) is 4.99 Å². The fraction of sp³-hybridized carbons (Fsp3) is 0.400. The highest BCUT2D eigenvalue weighted by atomic mass is 127. The molecule has 0 aliphatic heterocycles. The van der Waals surface area contributed by atoms with Gasteiger partial charge in [-0.3, -0.25) is 4.99 Å². The maximum Gasteiger partial charge on any atom is 0.191 e. The summed E-state index contributed by atoms with van der Waals surface area (Å²) < 4.78 is 0. The maximum absolute atomic E-state index is 4.62. The molecule has 26 heavy (non-hydrogen) atoms. The summed E-state index contributed by atoms with van der Waals surface area (Å²) in [4.78, 5) is 10.9. The fourth-order valence-corrected chi connectivity index (χ4v) is 2.51. The number of pyridine rings is 1. The SMILES string of the molecule is CN=C(NCc1cccc(N(C)C)n1)NCC(C)(C)c1ccccc1.I. The van der Waals surface area contributed by atoms with E-state index in [-0.39, 0.29) is 29.4 Å². The monoisotopic (exact) mass is 467 g/mol. The van der Waals surface area contributed by atoms with E-state index >= 15 is 0 Å². The Morgan fingerprint density at radius 2 is 1.73 bits per heavy atom. The summed E-state index contributed by atoms with van der Waals surface area (Å²) in [6.45, 7) is 5.88. The first-order chi connectivity index (χ1) is 11.9. The molecule has 0 saturated carbocycles. The molecule has 0 radical (unpaired) electrons. The lowest BCUT2D eigenvalue weighted by Gasteiger charge is -2.26. The lowest BCUT2D eigenvalue weighted by molar-refractivity contribution is 0.508. The average molecular weight is 467 g/mol. The molecule has 0 saturated heterocycles. The van der Waals surface area contributed by atoms with E-state index < -0.39 is 0 Å². The largest absolute Gasteiger partial charge is 0.363 e. The Hall–Kier alpha value is -1.83. The molecule has 0 fully saturated rings. The van der Waals surface area contributed by atoms with E-state index in [9.17, 15) is 0 Å². The Kier molecular flexibility index (Phi) is 8.84. The van der Waals surface area contributed by atoms with Gasteiger partial charge in [0.2, 0.25) is 0 Å². The number of halogens is 1. The van der Waals surface area contributed by atoms with Crippen molar-refractivity contribution in [1.29, 1.82) is 0 Å². The maximum atomic E-state index is 4.62. The molecule has 0 unspecified atom stereocenters. The first-order valence-electron chi connectivity index (χ1n) is 8.55. The number of guanidine groups is 1. The van der Waals surface area contributed by atoms with Gasteiger partial charge in [0, 0.05) is 33.1 Å². The van der Waals surface area contributed by atoms with Crippen LogP contribution in [0.5, 0.6) is 0 Å². The molecule has 1 heterocycles. The zero-order valence-corrected chi connectivity index (χ0v) is 18.6. The van der Waals surface area contributed by atoms with Crippen molar-refractivity contribution in [3.63, 3.8) is 0 Å². The molecule has 2 rings (SSSR count). The number of hydrogen-bond acceptors (Lipinski definition) is 3. The summed E-state index contributed by atoms with van der Waals surface area (Å²) >= 11 is 0. The first-order valence-corrected chi connectivity index (χ1v) is 8.55. The molecule has 2 aromatic rings. The van der Waals surface area contributed by atoms with Crippen molar-refractivity contribution in [2.75, 3.05) is 32.6 Å². The van der Waals surface area contributed by atoms with Crippen molar-refractivity contribution < 1.29 is 0 Å². The van der Waals surface area contributed by atoms with Crippen LogP contribution in [0.25, 0.3) is 0 Å². The Morgan fingerprint density at radius 1 is 1.04 bits per heavy atom. The van der Waals surface area contributed by atoms with Crippen LogP contribution in [0.2, 0.25) is 0 Å². The molecule has 6 heteroatoms. The zero-order valence-electron chi connectivity index (χ0n) is 16.3. The van der Waals surface area contributed by atoms with Crippen LogP contribution in [-0.2, 0) is 12.0 Å². The minimum Gasteiger partial charge on any atom is -0.363 e. The van der Waals surface area contributed by atoms with E-state index in [0.717, 1.165) is 24.0 Å². The van der Waals surface area contributed by atoms with Crippen LogP contribution in [0.1, 0.15) is 25.1 Å². The van der Waals surface area contributed by atoms with Gasteiger partial charge >= 0.3 is 0 Å². The number of aromatic nitrogens is 1. The van der Waals surface area contributed by atoms with Gasteiger partial charge in [-0.1, -0.05) is 50.2 Å². The van der Waals surface area contributed by atoms with Crippen molar-refractivity contribution in [3.8, 4) is 0 Å². The second-order valence-corrected chi connectivity index (χ2v) is 6.91. The van der Waals surface area contributed by atoms with Gasteiger partial charge in [0.1, 0.15) is 5.82 Å². The number of nitrogens with one attached hydrogen (secondary N) is 2. The molecule has 2 N–H and O–H groups in total. The third kappa shape index (κ3) is 6.48. The number of hydrogen-bond donors (Lipinski definition) is 2.